The first kappa shape index (κ1) is 43.1. The smallest absolute Gasteiger partial charge is 0.0998 e. The predicted molar refractivity (Wildman–Crippen MR) is 285 cm³/mol. The van der Waals surface area contributed by atoms with Gasteiger partial charge in [0.15, 0.2) is 0 Å². The minimum Gasteiger partial charge on any atom is -0.310 e. The van der Waals surface area contributed by atoms with E-state index in [-0.39, 0.29) is 0 Å². The molecule has 0 fully saturated rings. The van der Waals surface area contributed by atoms with Gasteiger partial charge in [0, 0.05) is 61.7 Å². The van der Waals surface area contributed by atoms with E-state index in [0.29, 0.717) is 44.5 Å². The van der Waals surface area contributed by atoms with Gasteiger partial charge in [-0.2, -0.15) is 21.0 Å². The average Bonchev–Trinajstić information content (AvgIpc) is 3.76. The Morgan fingerprint density at radius 3 is 1.07 bits per heavy atom. The van der Waals surface area contributed by atoms with Crippen LogP contribution in [0.2, 0.25) is 0 Å². The summed E-state index contributed by atoms with van der Waals surface area (Å²) in [5.41, 5.74) is 14.5. The zero-order chi connectivity index (χ0) is 48.3. The predicted octanol–water partition coefficient (Wildman–Crippen LogP) is 16.2. The second kappa shape index (κ2) is 18.7. The van der Waals surface area contributed by atoms with E-state index in [2.05, 4.69) is 196 Å². The highest BCUT2D eigenvalue weighted by Crippen LogP contribution is 2.44. The minimum absolute atomic E-state index is 0.341. The molecule has 71 heavy (non-hydrogen) atoms. The molecule has 0 saturated carbocycles. The van der Waals surface area contributed by atoms with Gasteiger partial charge in [0.1, 0.15) is 0 Å². The number of aromatic nitrogens is 1. The summed E-state index contributed by atoms with van der Waals surface area (Å²) in [4.78, 5) is 4.57. The fraction of sp³-hybridized carbons (Fsp3) is 0. The summed E-state index contributed by atoms with van der Waals surface area (Å²) in [5.74, 6) is 0. The summed E-state index contributed by atoms with van der Waals surface area (Å²) in [6.45, 7) is 0. The summed E-state index contributed by atoms with van der Waals surface area (Å²) in [5, 5.41) is 43.2. The molecule has 0 bridgehead atoms. The maximum Gasteiger partial charge on any atom is 0.0998 e. The average molecular weight is 906 g/mol. The molecule has 10 aromatic carbocycles. The number of hydrogen-bond donors (Lipinski definition) is 0. The molecule has 1 heterocycles. The number of hydrogen-bond acceptors (Lipinski definition) is 6. The molecule has 0 aliphatic rings. The summed E-state index contributed by atoms with van der Waals surface area (Å²) >= 11 is 0. The number of fused-ring (bicyclic) bond motifs is 3. The lowest BCUT2D eigenvalue weighted by Gasteiger charge is -2.26. The molecular formula is C64H39N7. The van der Waals surface area contributed by atoms with E-state index in [1.54, 1.807) is 36.4 Å². The monoisotopic (exact) mass is 905 g/mol. The molecular weight excluding hydrogens is 867 g/mol. The van der Waals surface area contributed by atoms with Crippen LogP contribution in [0.5, 0.6) is 0 Å². The highest BCUT2D eigenvalue weighted by atomic mass is 15.1. The van der Waals surface area contributed by atoms with Crippen LogP contribution < -0.4 is 9.80 Å². The van der Waals surface area contributed by atoms with Crippen molar-refractivity contribution in [2.75, 3.05) is 9.80 Å². The van der Waals surface area contributed by atoms with Gasteiger partial charge in [-0.3, -0.25) is 0 Å². The highest BCUT2D eigenvalue weighted by Gasteiger charge is 2.22. The summed E-state index contributed by atoms with van der Waals surface area (Å²) in [6, 6.07) is 88.4. The van der Waals surface area contributed by atoms with Crippen LogP contribution in [0.3, 0.4) is 0 Å². The Kier molecular flexibility index (Phi) is 11.4. The molecule has 0 aliphatic carbocycles. The molecule has 0 saturated heterocycles. The van der Waals surface area contributed by atoms with Crippen molar-refractivity contribution in [1.82, 2.24) is 4.57 Å². The third-order valence-electron chi connectivity index (χ3n) is 12.9. The van der Waals surface area contributed by atoms with Crippen molar-refractivity contribution in [3.63, 3.8) is 0 Å². The van der Waals surface area contributed by atoms with Crippen LogP contribution >= 0.6 is 0 Å². The molecule has 0 aliphatic heterocycles. The van der Waals surface area contributed by atoms with Gasteiger partial charge in [-0.05, 0) is 150 Å². The van der Waals surface area contributed by atoms with E-state index in [9.17, 15) is 21.0 Å². The number of benzene rings is 10. The van der Waals surface area contributed by atoms with Crippen LogP contribution in [-0.4, -0.2) is 4.57 Å². The zero-order valence-corrected chi connectivity index (χ0v) is 38.1. The van der Waals surface area contributed by atoms with E-state index in [4.69, 9.17) is 0 Å². The number of anilines is 6. The van der Waals surface area contributed by atoms with E-state index >= 15 is 0 Å². The standard InChI is InChI=1S/C64H39N7/c65-40-46-15-13-16-47(41-66)63(46)45-29-34-57(60(37-45)64-48(42-67)17-14-18-49(64)43-68)44-27-30-54(31-28-44)71-61-35-32-55(69(50-19-5-1-6-20-50)51-21-7-2-8-22-51)38-58(61)59-39-56(33-36-62(59)71)70(52-23-9-3-10-24-52)53-25-11-4-12-26-53/h1-39H. The molecule has 1 aromatic heterocycles. The molecule has 7 nitrogen and oxygen atoms in total. The molecule has 0 radical (unpaired) electrons. The van der Waals surface area contributed by atoms with Gasteiger partial charge < -0.3 is 14.4 Å². The zero-order valence-electron chi connectivity index (χ0n) is 38.1. The Bertz CT molecular complexity index is 3680. The normalized spacial score (nSPS) is 10.8. The lowest BCUT2D eigenvalue weighted by molar-refractivity contribution is 1.18. The van der Waals surface area contributed by atoms with E-state index in [1.807, 2.05) is 42.5 Å². The second-order valence-electron chi connectivity index (χ2n) is 17.0. The Balaban J connectivity index is 1.11. The molecule has 11 aromatic rings. The Morgan fingerprint density at radius 2 is 0.676 bits per heavy atom. The van der Waals surface area contributed by atoms with Crippen LogP contribution in [0.25, 0.3) is 60.9 Å². The van der Waals surface area contributed by atoms with Crippen molar-refractivity contribution in [1.29, 1.82) is 21.0 Å². The fourth-order valence-corrected chi connectivity index (χ4v) is 9.79. The molecule has 7 heteroatoms. The van der Waals surface area contributed by atoms with Crippen LogP contribution in [0.4, 0.5) is 34.1 Å². The number of nitrogens with zero attached hydrogens (tertiary/aromatic N) is 7. The van der Waals surface area contributed by atoms with Gasteiger partial charge in [-0.25, -0.2) is 0 Å². The van der Waals surface area contributed by atoms with E-state index < -0.39 is 0 Å². The first-order chi connectivity index (χ1) is 35.1. The van der Waals surface area contributed by atoms with Crippen LogP contribution in [0.1, 0.15) is 22.3 Å². The number of nitriles is 4. The SMILES string of the molecule is N#Cc1cccc(C#N)c1-c1ccc(-c2ccc(-n3c4ccc(N(c5ccccc5)c5ccccc5)cc4c4cc(N(c5ccccc5)c5ccccc5)ccc43)cc2)c(-c2c(C#N)cccc2C#N)c1. The Labute approximate surface area is 411 Å². The van der Waals surface area contributed by atoms with Crippen molar-refractivity contribution in [2.45, 2.75) is 0 Å². The Morgan fingerprint density at radius 1 is 0.296 bits per heavy atom. The largest absolute Gasteiger partial charge is 0.310 e. The van der Waals surface area contributed by atoms with Gasteiger partial charge in [0.05, 0.1) is 57.6 Å². The molecule has 0 unspecified atom stereocenters. The van der Waals surface area contributed by atoms with Crippen molar-refractivity contribution < 1.29 is 0 Å². The molecule has 0 atom stereocenters. The van der Waals surface area contributed by atoms with Gasteiger partial charge in [-0.1, -0.05) is 109 Å². The van der Waals surface area contributed by atoms with E-state index in [1.165, 1.54) is 0 Å². The van der Waals surface area contributed by atoms with Crippen molar-refractivity contribution in [3.05, 3.63) is 259 Å². The first-order valence-corrected chi connectivity index (χ1v) is 23.1. The van der Waals surface area contributed by atoms with Crippen molar-refractivity contribution in [3.8, 4) is 63.3 Å². The van der Waals surface area contributed by atoms with Crippen molar-refractivity contribution in [2.24, 2.45) is 0 Å². The van der Waals surface area contributed by atoms with Crippen LogP contribution in [0.15, 0.2) is 237 Å². The van der Waals surface area contributed by atoms with Crippen LogP contribution in [-0.2, 0) is 0 Å². The summed E-state index contributed by atoms with van der Waals surface area (Å²) < 4.78 is 2.30. The number of para-hydroxylation sites is 4. The maximum absolute atomic E-state index is 10.4. The quantitative estimate of drug-likeness (QED) is 0.135. The van der Waals surface area contributed by atoms with Gasteiger partial charge in [0.2, 0.25) is 0 Å². The topological polar surface area (TPSA) is 107 Å². The van der Waals surface area contributed by atoms with Gasteiger partial charge in [-0.15, -0.1) is 0 Å². The fourth-order valence-electron chi connectivity index (χ4n) is 9.79. The van der Waals surface area contributed by atoms with Crippen molar-refractivity contribution >= 4 is 55.9 Å². The molecule has 0 spiro atoms. The Hall–Kier alpha value is -10.4. The molecule has 0 amide bonds. The van der Waals surface area contributed by atoms with Gasteiger partial charge in [0.25, 0.3) is 0 Å². The minimum atomic E-state index is 0.341. The highest BCUT2D eigenvalue weighted by molar-refractivity contribution is 6.12. The van der Waals surface area contributed by atoms with Gasteiger partial charge >= 0.3 is 0 Å². The third-order valence-corrected chi connectivity index (χ3v) is 12.9. The van der Waals surface area contributed by atoms with E-state index in [0.717, 1.165) is 72.7 Å². The summed E-state index contributed by atoms with van der Waals surface area (Å²) in [7, 11) is 0. The molecule has 330 valence electrons. The molecule has 0 N–H and O–H groups in total. The number of rotatable bonds is 10. The third kappa shape index (κ3) is 7.85. The summed E-state index contributed by atoms with van der Waals surface area (Å²) in [6.07, 6.45) is 0. The first-order valence-electron chi connectivity index (χ1n) is 23.1. The lowest BCUT2D eigenvalue weighted by Crippen LogP contribution is -2.09. The lowest BCUT2D eigenvalue weighted by atomic mass is 9.85. The second-order valence-corrected chi connectivity index (χ2v) is 17.0. The molecule has 11 rings (SSSR count). The maximum atomic E-state index is 10.4. The van der Waals surface area contributed by atoms with Crippen LogP contribution in [0, 0.1) is 45.3 Å².